The number of rotatable bonds is 3. The van der Waals surface area contributed by atoms with Crippen LogP contribution < -0.4 is 5.32 Å². The molecule has 1 aliphatic carbocycles. The largest absolute Gasteiger partial charge is 0.361 e. The molecule has 0 spiro atoms. The number of fused-ring (bicyclic) bond motifs is 1. The summed E-state index contributed by atoms with van der Waals surface area (Å²) in [6.45, 7) is 1.26. The molecule has 4 rings (SSSR count). The zero-order valence-corrected chi connectivity index (χ0v) is 14.5. The first-order chi connectivity index (χ1) is 12.2. The summed E-state index contributed by atoms with van der Waals surface area (Å²) in [5.41, 5.74) is 1.66. The molecule has 0 unspecified atom stereocenters. The van der Waals surface area contributed by atoms with E-state index < -0.39 is 0 Å². The molecule has 2 heterocycles. The van der Waals surface area contributed by atoms with Crippen molar-refractivity contribution in [1.82, 2.24) is 15.2 Å². The van der Waals surface area contributed by atoms with Crippen molar-refractivity contribution < 1.29 is 9.59 Å². The number of hydrogen-bond donors (Lipinski definition) is 2. The van der Waals surface area contributed by atoms with Crippen LogP contribution in [0.3, 0.4) is 0 Å². The fraction of sp³-hybridized carbons (Fsp3) is 0.500. The van der Waals surface area contributed by atoms with Gasteiger partial charge in [-0.1, -0.05) is 18.9 Å². The highest BCUT2D eigenvalue weighted by atomic mass is 16.2. The molecule has 1 saturated heterocycles. The van der Waals surface area contributed by atoms with E-state index in [0.29, 0.717) is 18.2 Å². The highest BCUT2D eigenvalue weighted by molar-refractivity contribution is 5.98. The lowest BCUT2D eigenvalue weighted by molar-refractivity contribution is -0.127. The fourth-order valence-electron chi connectivity index (χ4n) is 4.13. The van der Waals surface area contributed by atoms with Gasteiger partial charge in [-0.2, -0.15) is 0 Å². The highest BCUT2D eigenvalue weighted by Crippen LogP contribution is 2.23. The molecule has 2 aromatic rings. The number of piperidine rings is 1. The SMILES string of the molecule is O=C(NC1CCCC1)[C@@H]1CCCN(C(=O)c2ccc3cc[nH]c3c2)C1. The van der Waals surface area contributed by atoms with Crippen LogP contribution in [0.5, 0.6) is 0 Å². The van der Waals surface area contributed by atoms with E-state index in [1.165, 1.54) is 12.8 Å². The average Bonchev–Trinajstić information content (AvgIpc) is 3.32. The Balaban J connectivity index is 1.42. The molecule has 2 N–H and O–H groups in total. The van der Waals surface area contributed by atoms with E-state index in [9.17, 15) is 9.59 Å². The first-order valence-electron chi connectivity index (χ1n) is 9.37. The van der Waals surface area contributed by atoms with Gasteiger partial charge < -0.3 is 15.2 Å². The van der Waals surface area contributed by atoms with Gasteiger partial charge >= 0.3 is 0 Å². The van der Waals surface area contributed by atoms with Gasteiger partial charge in [0.1, 0.15) is 0 Å². The summed E-state index contributed by atoms with van der Waals surface area (Å²) >= 11 is 0. The van der Waals surface area contributed by atoms with Crippen molar-refractivity contribution in [2.24, 2.45) is 5.92 Å². The molecule has 1 saturated carbocycles. The number of aromatic amines is 1. The number of nitrogens with one attached hydrogen (secondary N) is 2. The second-order valence-electron chi connectivity index (χ2n) is 7.36. The molecule has 25 heavy (non-hydrogen) atoms. The number of amides is 2. The molecule has 132 valence electrons. The Kier molecular flexibility index (Phi) is 4.47. The van der Waals surface area contributed by atoms with Gasteiger partial charge in [0, 0.05) is 36.4 Å². The normalized spacial score (nSPS) is 21.6. The summed E-state index contributed by atoms with van der Waals surface area (Å²) in [6.07, 6.45) is 8.25. The van der Waals surface area contributed by atoms with Crippen LogP contribution in [0, 0.1) is 5.92 Å². The van der Waals surface area contributed by atoms with Gasteiger partial charge in [-0.05, 0) is 49.3 Å². The number of aromatic nitrogens is 1. The van der Waals surface area contributed by atoms with Gasteiger partial charge in [0.15, 0.2) is 0 Å². The van der Waals surface area contributed by atoms with Crippen molar-refractivity contribution >= 4 is 22.7 Å². The maximum Gasteiger partial charge on any atom is 0.253 e. The minimum Gasteiger partial charge on any atom is -0.361 e. The van der Waals surface area contributed by atoms with Gasteiger partial charge in [-0.15, -0.1) is 0 Å². The summed E-state index contributed by atoms with van der Waals surface area (Å²) in [5.74, 6) is 0.0756. The van der Waals surface area contributed by atoms with E-state index in [4.69, 9.17) is 0 Å². The number of hydrogen-bond acceptors (Lipinski definition) is 2. The summed E-state index contributed by atoms with van der Waals surface area (Å²) in [4.78, 5) is 30.4. The third kappa shape index (κ3) is 3.41. The maximum atomic E-state index is 12.9. The molecular weight excluding hydrogens is 314 g/mol. The van der Waals surface area contributed by atoms with Crippen molar-refractivity contribution in [2.75, 3.05) is 13.1 Å². The Morgan fingerprint density at radius 1 is 1.08 bits per heavy atom. The van der Waals surface area contributed by atoms with E-state index >= 15 is 0 Å². The second-order valence-corrected chi connectivity index (χ2v) is 7.36. The van der Waals surface area contributed by atoms with Crippen LogP contribution >= 0.6 is 0 Å². The zero-order chi connectivity index (χ0) is 17.2. The lowest BCUT2D eigenvalue weighted by atomic mass is 9.96. The van der Waals surface area contributed by atoms with Crippen LogP contribution in [-0.4, -0.2) is 40.8 Å². The minimum absolute atomic E-state index is 0.0230. The van der Waals surface area contributed by atoms with Crippen LogP contribution in [-0.2, 0) is 4.79 Å². The molecule has 1 atom stereocenters. The highest BCUT2D eigenvalue weighted by Gasteiger charge is 2.30. The first kappa shape index (κ1) is 16.2. The number of H-pyrrole nitrogens is 1. The van der Waals surface area contributed by atoms with Crippen molar-refractivity contribution in [3.05, 3.63) is 36.0 Å². The number of benzene rings is 1. The lowest BCUT2D eigenvalue weighted by Gasteiger charge is -2.32. The van der Waals surface area contributed by atoms with E-state index in [1.54, 1.807) is 0 Å². The maximum absolute atomic E-state index is 12.9. The van der Waals surface area contributed by atoms with Crippen LogP contribution in [0.25, 0.3) is 10.9 Å². The molecule has 5 heteroatoms. The van der Waals surface area contributed by atoms with Crippen molar-refractivity contribution in [1.29, 1.82) is 0 Å². The molecule has 1 aliphatic heterocycles. The first-order valence-corrected chi connectivity index (χ1v) is 9.37. The fourth-order valence-corrected chi connectivity index (χ4v) is 4.13. The van der Waals surface area contributed by atoms with E-state index in [-0.39, 0.29) is 17.7 Å². The standard InChI is InChI=1S/C20H25N3O2/c24-19(22-17-5-1-2-6-17)16-4-3-11-23(13-16)20(25)15-8-7-14-9-10-21-18(14)12-15/h7-10,12,16-17,21H,1-6,11,13H2,(H,22,24)/t16-/m1/s1. The Hall–Kier alpha value is -2.30. The third-order valence-corrected chi connectivity index (χ3v) is 5.58. The Morgan fingerprint density at radius 2 is 1.92 bits per heavy atom. The third-order valence-electron chi connectivity index (χ3n) is 5.58. The predicted octanol–water partition coefficient (Wildman–Crippen LogP) is 3.08. The van der Waals surface area contributed by atoms with Crippen molar-refractivity contribution in [3.8, 4) is 0 Å². The summed E-state index contributed by atoms with van der Waals surface area (Å²) in [5, 5.41) is 4.29. The van der Waals surface area contributed by atoms with Crippen LogP contribution in [0.1, 0.15) is 48.9 Å². The summed E-state index contributed by atoms with van der Waals surface area (Å²) in [6, 6.07) is 8.08. The molecular formula is C20H25N3O2. The number of likely N-dealkylation sites (tertiary alicyclic amines) is 1. The van der Waals surface area contributed by atoms with Gasteiger partial charge in [0.05, 0.1) is 5.92 Å². The Morgan fingerprint density at radius 3 is 2.76 bits per heavy atom. The van der Waals surface area contributed by atoms with Gasteiger partial charge in [0.25, 0.3) is 5.91 Å². The molecule has 2 fully saturated rings. The monoisotopic (exact) mass is 339 g/mol. The molecule has 2 amide bonds. The van der Waals surface area contributed by atoms with Crippen molar-refractivity contribution in [2.45, 2.75) is 44.6 Å². The molecule has 0 radical (unpaired) electrons. The zero-order valence-electron chi connectivity index (χ0n) is 14.5. The number of carbonyl (C=O) groups is 2. The quantitative estimate of drug-likeness (QED) is 0.902. The van der Waals surface area contributed by atoms with Crippen LogP contribution in [0.15, 0.2) is 30.5 Å². The van der Waals surface area contributed by atoms with Crippen LogP contribution in [0.2, 0.25) is 0 Å². The lowest BCUT2D eigenvalue weighted by Crippen LogP contribution is -2.47. The Bertz CT molecular complexity index is 776. The summed E-state index contributed by atoms with van der Waals surface area (Å²) < 4.78 is 0. The van der Waals surface area contributed by atoms with Crippen molar-refractivity contribution in [3.63, 3.8) is 0 Å². The molecule has 1 aromatic heterocycles. The van der Waals surface area contributed by atoms with E-state index in [1.807, 2.05) is 35.4 Å². The minimum atomic E-state index is -0.0764. The smallest absolute Gasteiger partial charge is 0.253 e. The van der Waals surface area contributed by atoms with Gasteiger partial charge in [-0.25, -0.2) is 0 Å². The number of nitrogens with zero attached hydrogens (tertiary/aromatic N) is 1. The van der Waals surface area contributed by atoms with Crippen LogP contribution in [0.4, 0.5) is 0 Å². The predicted molar refractivity (Wildman–Crippen MR) is 97.3 cm³/mol. The topological polar surface area (TPSA) is 65.2 Å². The molecule has 1 aromatic carbocycles. The van der Waals surface area contributed by atoms with Gasteiger partial charge in [-0.3, -0.25) is 9.59 Å². The van der Waals surface area contributed by atoms with E-state index in [2.05, 4.69) is 10.3 Å². The average molecular weight is 339 g/mol. The molecule has 0 bridgehead atoms. The Labute approximate surface area is 147 Å². The second kappa shape index (κ2) is 6.90. The van der Waals surface area contributed by atoms with Gasteiger partial charge in [0.2, 0.25) is 5.91 Å². The molecule has 2 aliphatic rings. The van der Waals surface area contributed by atoms with E-state index in [0.717, 1.165) is 43.1 Å². The molecule has 5 nitrogen and oxygen atoms in total. The summed E-state index contributed by atoms with van der Waals surface area (Å²) in [7, 11) is 0. The number of carbonyl (C=O) groups excluding carboxylic acids is 2.